The highest BCUT2D eigenvalue weighted by Gasteiger charge is 2.01. The second-order valence-electron chi connectivity index (χ2n) is 3.80. The first-order valence-corrected chi connectivity index (χ1v) is 5.81. The molecule has 1 aromatic heterocycles. The number of rotatable bonds is 3. The minimum absolute atomic E-state index is 0. The van der Waals surface area contributed by atoms with Gasteiger partial charge in [0.25, 0.3) is 0 Å². The molecule has 0 fully saturated rings. The fourth-order valence-corrected chi connectivity index (χ4v) is 1.64. The van der Waals surface area contributed by atoms with Gasteiger partial charge in [0.05, 0.1) is 11.9 Å². The van der Waals surface area contributed by atoms with Gasteiger partial charge >= 0.3 is 0 Å². The molecule has 0 saturated carbocycles. The van der Waals surface area contributed by atoms with Gasteiger partial charge in [-0.2, -0.15) is 5.10 Å². The molecule has 0 bridgehead atoms. The van der Waals surface area contributed by atoms with Gasteiger partial charge in [-0.1, -0.05) is 18.2 Å². The van der Waals surface area contributed by atoms with Crippen LogP contribution < -0.4 is 10.6 Å². The number of para-hydroxylation sites is 1. The maximum atomic E-state index is 4.33. The summed E-state index contributed by atoms with van der Waals surface area (Å²) in [5.41, 5.74) is 2.16. The number of aromatic nitrogens is 2. The zero-order chi connectivity index (χ0) is 12.8. The Hall–Kier alpha value is -1.57. The van der Waals surface area contributed by atoms with Gasteiger partial charge in [-0.25, -0.2) is 4.68 Å². The largest absolute Gasteiger partial charge is 0.359 e. The Morgan fingerprint density at radius 2 is 2.05 bits per heavy atom. The molecule has 5 nitrogen and oxygen atoms in total. The molecule has 0 unspecified atom stereocenters. The summed E-state index contributed by atoms with van der Waals surface area (Å²) in [6.07, 6.45) is 3.86. The fourth-order valence-electron chi connectivity index (χ4n) is 1.64. The molecular formula is C13H18IN5. The molecule has 2 N–H and O–H groups in total. The molecule has 6 heteroatoms. The number of halogens is 1. The Morgan fingerprint density at radius 1 is 1.32 bits per heavy atom. The number of hydrogen-bond acceptors (Lipinski definition) is 2. The van der Waals surface area contributed by atoms with E-state index in [4.69, 9.17) is 0 Å². The predicted octanol–water partition coefficient (Wildman–Crippen LogP) is 1.79. The van der Waals surface area contributed by atoms with Crippen LogP contribution in [0.25, 0.3) is 5.69 Å². The van der Waals surface area contributed by atoms with Crippen molar-refractivity contribution in [2.75, 3.05) is 14.1 Å². The SMILES string of the molecule is CN=C(NC)NCc1cnn(-c2ccccc2)c1.I. The van der Waals surface area contributed by atoms with Crippen molar-refractivity contribution in [2.24, 2.45) is 4.99 Å². The van der Waals surface area contributed by atoms with Crippen LogP contribution in [-0.2, 0) is 6.54 Å². The molecule has 1 aromatic carbocycles. The summed E-state index contributed by atoms with van der Waals surface area (Å²) < 4.78 is 1.86. The second kappa shape index (κ2) is 7.78. The van der Waals surface area contributed by atoms with Crippen LogP contribution in [0.5, 0.6) is 0 Å². The van der Waals surface area contributed by atoms with Crippen molar-refractivity contribution in [1.82, 2.24) is 20.4 Å². The first kappa shape index (κ1) is 15.5. The number of nitrogens with one attached hydrogen (secondary N) is 2. The van der Waals surface area contributed by atoms with Crippen LogP contribution in [0.15, 0.2) is 47.7 Å². The van der Waals surface area contributed by atoms with Crippen molar-refractivity contribution in [3.05, 3.63) is 48.3 Å². The molecule has 0 spiro atoms. The lowest BCUT2D eigenvalue weighted by molar-refractivity contribution is 0.860. The smallest absolute Gasteiger partial charge is 0.190 e. The molecule has 0 saturated heterocycles. The Kier molecular flexibility index (Phi) is 6.34. The van der Waals surface area contributed by atoms with Crippen LogP contribution in [0, 0.1) is 0 Å². The van der Waals surface area contributed by atoms with E-state index < -0.39 is 0 Å². The highest BCUT2D eigenvalue weighted by Crippen LogP contribution is 2.07. The topological polar surface area (TPSA) is 54.2 Å². The van der Waals surface area contributed by atoms with Crippen molar-refractivity contribution in [3.8, 4) is 5.69 Å². The van der Waals surface area contributed by atoms with Crippen LogP contribution in [-0.4, -0.2) is 29.8 Å². The molecular weight excluding hydrogens is 353 g/mol. The third-order valence-electron chi connectivity index (χ3n) is 2.58. The van der Waals surface area contributed by atoms with Gasteiger partial charge in [-0.3, -0.25) is 4.99 Å². The van der Waals surface area contributed by atoms with E-state index in [1.165, 1.54) is 0 Å². The van der Waals surface area contributed by atoms with Crippen molar-refractivity contribution in [2.45, 2.75) is 6.54 Å². The third kappa shape index (κ3) is 4.23. The maximum Gasteiger partial charge on any atom is 0.190 e. The van der Waals surface area contributed by atoms with Crippen molar-refractivity contribution >= 4 is 29.9 Å². The second-order valence-corrected chi connectivity index (χ2v) is 3.80. The van der Waals surface area contributed by atoms with E-state index in [2.05, 4.69) is 20.7 Å². The monoisotopic (exact) mass is 371 g/mol. The van der Waals surface area contributed by atoms with Gasteiger partial charge in [0.2, 0.25) is 0 Å². The maximum absolute atomic E-state index is 4.33. The van der Waals surface area contributed by atoms with E-state index in [9.17, 15) is 0 Å². The van der Waals surface area contributed by atoms with Gasteiger partial charge in [0.15, 0.2) is 5.96 Å². The lowest BCUT2D eigenvalue weighted by Gasteiger charge is -2.06. The van der Waals surface area contributed by atoms with E-state index in [1.807, 2.05) is 54.5 Å². The minimum atomic E-state index is 0. The molecule has 0 aliphatic carbocycles. The normalized spacial score (nSPS) is 10.7. The summed E-state index contributed by atoms with van der Waals surface area (Å²) in [6.45, 7) is 0.695. The van der Waals surface area contributed by atoms with E-state index in [0.717, 1.165) is 17.2 Å². The highest BCUT2D eigenvalue weighted by atomic mass is 127. The predicted molar refractivity (Wildman–Crippen MR) is 88.2 cm³/mol. The number of aliphatic imine (C=N–C) groups is 1. The van der Waals surface area contributed by atoms with E-state index in [0.29, 0.717) is 6.54 Å². The Labute approximate surface area is 130 Å². The Morgan fingerprint density at radius 3 is 2.68 bits per heavy atom. The van der Waals surface area contributed by atoms with Gasteiger partial charge in [-0.15, -0.1) is 24.0 Å². The number of guanidine groups is 1. The average molecular weight is 371 g/mol. The minimum Gasteiger partial charge on any atom is -0.359 e. The molecule has 0 aliphatic heterocycles. The molecule has 2 aromatic rings. The molecule has 0 amide bonds. The number of benzene rings is 1. The summed E-state index contributed by atoms with van der Waals surface area (Å²) in [4.78, 5) is 4.05. The average Bonchev–Trinajstić information content (AvgIpc) is 2.90. The molecule has 2 rings (SSSR count). The molecule has 0 aliphatic rings. The van der Waals surface area contributed by atoms with Gasteiger partial charge in [0.1, 0.15) is 0 Å². The van der Waals surface area contributed by atoms with Gasteiger partial charge in [0, 0.05) is 32.4 Å². The van der Waals surface area contributed by atoms with Gasteiger partial charge < -0.3 is 10.6 Å². The zero-order valence-corrected chi connectivity index (χ0v) is 13.3. The first-order valence-electron chi connectivity index (χ1n) is 5.81. The van der Waals surface area contributed by atoms with Crippen molar-refractivity contribution in [1.29, 1.82) is 0 Å². The lowest BCUT2D eigenvalue weighted by atomic mass is 10.3. The molecule has 102 valence electrons. The van der Waals surface area contributed by atoms with Gasteiger partial charge in [-0.05, 0) is 12.1 Å². The number of hydrogen-bond donors (Lipinski definition) is 2. The summed E-state index contributed by atoms with van der Waals surface area (Å²) >= 11 is 0. The van der Waals surface area contributed by atoms with Crippen LogP contribution in [0.4, 0.5) is 0 Å². The summed E-state index contributed by atoms with van der Waals surface area (Å²) in [5.74, 6) is 0.766. The summed E-state index contributed by atoms with van der Waals surface area (Å²) in [6, 6.07) is 10.0. The molecule has 0 atom stereocenters. The summed E-state index contributed by atoms with van der Waals surface area (Å²) in [7, 11) is 3.58. The molecule has 1 heterocycles. The van der Waals surface area contributed by atoms with Crippen LogP contribution in [0.3, 0.4) is 0 Å². The van der Waals surface area contributed by atoms with Crippen LogP contribution >= 0.6 is 24.0 Å². The Bertz CT molecular complexity index is 521. The molecule has 19 heavy (non-hydrogen) atoms. The standard InChI is InChI=1S/C13H17N5.HI/c1-14-13(15-2)16-8-11-9-17-18(10-11)12-6-4-3-5-7-12;/h3-7,9-10H,8H2,1-2H3,(H2,14,15,16);1H. The van der Waals surface area contributed by atoms with E-state index in [1.54, 1.807) is 7.05 Å². The highest BCUT2D eigenvalue weighted by molar-refractivity contribution is 14.0. The fraction of sp³-hybridized carbons (Fsp3) is 0.231. The van der Waals surface area contributed by atoms with Crippen LogP contribution in [0.1, 0.15) is 5.56 Å². The van der Waals surface area contributed by atoms with E-state index in [-0.39, 0.29) is 24.0 Å². The Balaban J connectivity index is 0.00000180. The molecule has 0 radical (unpaired) electrons. The zero-order valence-electron chi connectivity index (χ0n) is 11.0. The number of nitrogens with zero attached hydrogens (tertiary/aromatic N) is 3. The quantitative estimate of drug-likeness (QED) is 0.492. The first-order chi connectivity index (χ1) is 8.83. The lowest BCUT2D eigenvalue weighted by Crippen LogP contribution is -2.33. The van der Waals surface area contributed by atoms with E-state index >= 15 is 0 Å². The van der Waals surface area contributed by atoms with Crippen LogP contribution in [0.2, 0.25) is 0 Å². The third-order valence-corrected chi connectivity index (χ3v) is 2.58. The summed E-state index contributed by atoms with van der Waals surface area (Å²) in [5, 5.41) is 10.5. The van der Waals surface area contributed by atoms with Crippen molar-refractivity contribution in [3.63, 3.8) is 0 Å². The van der Waals surface area contributed by atoms with Crippen molar-refractivity contribution < 1.29 is 0 Å².